The van der Waals surface area contributed by atoms with Crippen molar-refractivity contribution in [3.63, 3.8) is 0 Å². The summed E-state index contributed by atoms with van der Waals surface area (Å²) >= 11 is 0. The van der Waals surface area contributed by atoms with Gasteiger partial charge in [-0.2, -0.15) is 0 Å². The van der Waals surface area contributed by atoms with Gasteiger partial charge in [-0.1, -0.05) is 6.92 Å². The highest BCUT2D eigenvalue weighted by Crippen LogP contribution is 2.31. The first-order valence-electron chi connectivity index (χ1n) is 6.83. The number of amides is 1. The molecular formula is C14H20N2O2. The number of rotatable bonds is 3. The second-order valence-electron chi connectivity index (χ2n) is 5.46. The van der Waals surface area contributed by atoms with E-state index in [0.717, 1.165) is 38.1 Å². The van der Waals surface area contributed by atoms with Crippen molar-refractivity contribution in [3.8, 4) is 0 Å². The Labute approximate surface area is 107 Å². The van der Waals surface area contributed by atoms with E-state index in [4.69, 9.17) is 4.42 Å². The smallest absolute Gasteiger partial charge is 0.223 e. The largest absolute Gasteiger partial charge is 0.469 e. The summed E-state index contributed by atoms with van der Waals surface area (Å²) in [6.07, 6.45) is 4.84. The summed E-state index contributed by atoms with van der Waals surface area (Å²) < 4.78 is 5.45. The molecule has 3 rings (SSSR count). The molecule has 1 saturated heterocycles. The maximum Gasteiger partial charge on any atom is 0.223 e. The monoisotopic (exact) mass is 248 g/mol. The molecule has 2 unspecified atom stereocenters. The highest BCUT2D eigenvalue weighted by Gasteiger charge is 2.31. The van der Waals surface area contributed by atoms with Gasteiger partial charge in [0, 0.05) is 17.9 Å². The van der Waals surface area contributed by atoms with Crippen LogP contribution in [0.5, 0.6) is 0 Å². The topological polar surface area (TPSA) is 54.3 Å². The predicted octanol–water partition coefficient (Wildman–Crippen LogP) is 1.63. The van der Waals surface area contributed by atoms with Crippen molar-refractivity contribution in [1.29, 1.82) is 0 Å². The lowest BCUT2D eigenvalue weighted by Gasteiger charge is -2.33. The molecule has 1 aliphatic heterocycles. The molecule has 1 fully saturated rings. The van der Waals surface area contributed by atoms with E-state index in [1.54, 1.807) is 6.26 Å². The van der Waals surface area contributed by atoms with Crippen LogP contribution in [0.2, 0.25) is 0 Å². The average molecular weight is 248 g/mol. The van der Waals surface area contributed by atoms with Gasteiger partial charge in [-0.3, -0.25) is 4.79 Å². The van der Waals surface area contributed by atoms with Crippen LogP contribution in [-0.2, 0) is 11.2 Å². The Bertz CT molecular complexity index is 437. The lowest BCUT2D eigenvalue weighted by molar-refractivity contribution is -0.127. The number of carbonyl (C=O) groups is 1. The number of hydrogen-bond donors (Lipinski definition) is 2. The third-order valence-electron chi connectivity index (χ3n) is 4.30. The Kier molecular flexibility index (Phi) is 3.12. The lowest BCUT2D eigenvalue weighted by atomic mass is 9.87. The molecular weight excluding hydrogens is 228 g/mol. The van der Waals surface area contributed by atoms with Gasteiger partial charge in [0.05, 0.1) is 12.3 Å². The zero-order valence-corrected chi connectivity index (χ0v) is 10.7. The maximum atomic E-state index is 12.2. The normalized spacial score (nSPS) is 25.1. The zero-order chi connectivity index (χ0) is 12.5. The Balaban J connectivity index is 1.65. The van der Waals surface area contributed by atoms with Gasteiger partial charge in [-0.05, 0) is 37.9 Å². The number of hydrogen-bond acceptors (Lipinski definition) is 3. The van der Waals surface area contributed by atoms with Crippen LogP contribution in [0.4, 0.5) is 0 Å². The Morgan fingerprint density at radius 3 is 3.11 bits per heavy atom. The summed E-state index contributed by atoms with van der Waals surface area (Å²) in [7, 11) is 0. The number of aryl methyl sites for hydroxylation is 1. The van der Waals surface area contributed by atoms with Crippen LogP contribution < -0.4 is 10.6 Å². The van der Waals surface area contributed by atoms with Gasteiger partial charge in [-0.25, -0.2) is 0 Å². The molecule has 0 bridgehead atoms. The van der Waals surface area contributed by atoms with Crippen molar-refractivity contribution in [2.45, 2.75) is 32.2 Å². The Hall–Kier alpha value is -1.29. The zero-order valence-electron chi connectivity index (χ0n) is 10.7. The van der Waals surface area contributed by atoms with Crippen molar-refractivity contribution < 1.29 is 9.21 Å². The summed E-state index contributed by atoms with van der Waals surface area (Å²) in [5.74, 6) is 1.83. The summed E-state index contributed by atoms with van der Waals surface area (Å²) in [5, 5.41) is 6.40. The van der Waals surface area contributed by atoms with Crippen molar-refractivity contribution >= 4 is 5.91 Å². The first-order valence-corrected chi connectivity index (χ1v) is 6.83. The quantitative estimate of drug-likeness (QED) is 0.855. The van der Waals surface area contributed by atoms with Crippen molar-refractivity contribution in [1.82, 2.24) is 10.6 Å². The van der Waals surface area contributed by atoms with E-state index in [0.29, 0.717) is 5.92 Å². The van der Waals surface area contributed by atoms with Crippen LogP contribution in [0.15, 0.2) is 16.7 Å². The van der Waals surface area contributed by atoms with Crippen molar-refractivity contribution in [2.24, 2.45) is 11.8 Å². The predicted molar refractivity (Wildman–Crippen MR) is 68.1 cm³/mol. The van der Waals surface area contributed by atoms with Crippen molar-refractivity contribution in [3.05, 3.63) is 23.7 Å². The summed E-state index contributed by atoms with van der Waals surface area (Å²) in [5.41, 5.74) is 1.17. The van der Waals surface area contributed by atoms with Gasteiger partial charge in [-0.15, -0.1) is 0 Å². The molecule has 1 aliphatic carbocycles. The highest BCUT2D eigenvalue weighted by atomic mass is 16.3. The Morgan fingerprint density at radius 2 is 2.39 bits per heavy atom. The molecule has 0 saturated carbocycles. The molecule has 1 aromatic heterocycles. The van der Waals surface area contributed by atoms with Gasteiger partial charge in [0.2, 0.25) is 5.91 Å². The van der Waals surface area contributed by atoms with Gasteiger partial charge in [0.15, 0.2) is 0 Å². The van der Waals surface area contributed by atoms with E-state index in [1.807, 2.05) is 13.0 Å². The number of fused-ring (bicyclic) bond motifs is 1. The molecule has 1 aromatic rings. The second-order valence-corrected chi connectivity index (χ2v) is 5.46. The first kappa shape index (κ1) is 11.8. The minimum Gasteiger partial charge on any atom is -0.469 e. The molecule has 18 heavy (non-hydrogen) atoms. The second kappa shape index (κ2) is 4.76. The molecule has 0 spiro atoms. The van der Waals surface area contributed by atoms with Gasteiger partial charge in [0.25, 0.3) is 0 Å². The van der Waals surface area contributed by atoms with Crippen LogP contribution in [0.3, 0.4) is 0 Å². The molecule has 2 N–H and O–H groups in total. The minimum atomic E-state index is 0.100. The standard InChI is InChI=1S/C14H20N2O2/c1-9(10-7-15-8-10)14(17)16-12-3-2-4-13-11(12)5-6-18-13/h5-6,9-10,12,15H,2-4,7-8H2,1H3,(H,16,17). The Morgan fingerprint density at radius 1 is 1.56 bits per heavy atom. The summed E-state index contributed by atoms with van der Waals surface area (Å²) in [6.45, 7) is 3.96. The van der Waals surface area contributed by atoms with Crippen LogP contribution in [0.1, 0.15) is 37.1 Å². The molecule has 2 atom stereocenters. The SMILES string of the molecule is CC(C(=O)NC1CCCc2occc21)C1CNC1. The highest BCUT2D eigenvalue weighted by molar-refractivity contribution is 5.79. The molecule has 0 radical (unpaired) electrons. The molecule has 2 aliphatic rings. The molecule has 0 aromatic carbocycles. The van der Waals surface area contributed by atoms with E-state index < -0.39 is 0 Å². The fraction of sp³-hybridized carbons (Fsp3) is 0.643. The van der Waals surface area contributed by atoms with Crippen LogP contribution in [0, 0.1) is 11.8 Å². The lowest BCUT2D eigenvalue weighted by Crippen LogP contribution is -2.50. The summed E-state index contributed by atoms with van der Waals surface area (Å²) in [4.78, 5) is 12.2. The van der Waals surface area contributed by atoms with E-state index in [-0.39, 0.29) is 17.9 Å². The van der Waals surface area contributed by atoms with E-state index in [1.165, 1.54) is 5.56 Å². The van der Waals surface area contributed by atoms with E-state index >= 15 is 0 Å². The number of carbonyl (C=O) groups excluding carboxylic acids is 1. The van der Waals surface area contributed by atoms with Gasteiger partial charge in [0.1, 0.15) is 5.76 Å². The summed E-state index contributed by atoms with van der Waals surface area (Å²) in [6, 6.07) is 2.14. The maximum absolute atomic E-state index is 12.2. The third-order valence-corrected chi connectivity index (χ3v) is 4.30. The molecule has 98 valence electrons. The van der Waals surface area contributed by atoms with Crippen molar-refractivity contribution in [2.75, 3.05) is 13.1 Å². The fourth-order valence-electron chi connectivity index (χ4n) is 2.82. The number of furan rings is 1. The van der Waals surface area contributed by atoms with Crippen LogP contribution in [0.25, 0.3) is 0 Å². The number of nitrogens with one attached hydrogen (secondary N) is 2. The fourth-order valence-corrected chi connectivity index (χ4v) is 2.82. The molecule has 1 amide bonds. The van der Waals surface area contributed by atoms with E-state index in [2.05, 4.69) is 10.6 Å². The molecule has 4 nitrogen and oxygen atoms in total. The molecule has 4 heteroatoms. The minimum absolute atomic E-state index is 0.100. The van der Waals surface area contributed by atoms with Crippen LogP contribution >= 0.6 is 0 Å². The molecule has 2 heterocycles. The first-order chi connectivity index (χ1) is 8.75. The average Bonchev–Trinajstić information content (AvgIpc) is 2.75. The van der Waals surface area contributed by atoms with Crippen LogP contribution in [-0.4, -0.2) is 19.0 Å². The third kappa shape index (κ3) is 2.05. The van der Waals surface area contributed by atoms with E-state index in [9.17, 15) is 4.79 Å². The van der Waals surface area contributed by atoms with Gasteiger partial charge >= 0.3 is 0 Å². The van der Waals surface area contributed by atoms with Gasteiger partial charge < -0.3 is 15.1 Å².